The molecule has 0 aromatic heterocycles. The van der Waals surface area contributed by atoms with E-state index < -0.39 is 0 Å². The van der Waals surface area contributed by atoms with Gasteiger partial charge >= 0.3 is 0 Å². The van der Waals surface area contributed by atoms with E-state index in [9.17, 15) is 0 Å². The summed E-state index contributed by atoms with van der Waals surface area (Å²) in [7, 11) is 0. The Bertz CT molecular complexity index is 253. The maximum atomic E-state index is 4.53. The summed E-state index contributed by atoms with van der Waals surface area (Å²) in [5, 5.41) is 0. The van der Waals surface area contributed by atoms with Gasteiger partial charge in [-0.05, 0) is 24.8 Å². The topological polar surface area (TPSA) is 12.4 Å². The Morgan fingerprint density at radius 3 is 3.00 bits per heavy atom. The van der Waals surface area contributed by atoms with Crippen molar-refractivity contribution in [3.63, 3.8) is 0 Å². The molecule has 0 saturated heterocycles. The van der Waals surface area contributed by atoms with E-state index in [0.717, 1.165) is 0 Å². The van der Waals surface area contributed by atoms with Crippen LogP contribution in [0.5, 0.6) is 0 Å². The molecule has 1 nitrogen and oxygen atoms in total. The van der Waals surface area contributed by atoms with Gasteiger partial charge in [-0.25, -0.2) is 0 Å². The second-order valence-electron chi connectivity index (χ2n) is 4.24. The molecule has 0 N–H and O–H groups in total. The van der Waals surface area contributed by atoms with Crippen molar-refractivity contribution < 1.29 is 0 Å². The summed E-state index contributed by atoms with van der Waals surface area (Å²) in [6.07, 6.45) is 10.3. The normalized spacial score (nSPS) is 25.8. The van der Waals surface area contributed by atoms with E-state index in [1.54, 1.807) is 0 Å². The van der Waals surface area contributed by atoms with Gasteiger partial charge in [0, 0.05) is 17.3 Å². The van der Waals surface area contributed by atoms with Crippen LogP contribution >= 0.6 is 0 Å². The molecule has 2 aliphatic rings. The smallest absolute Gasteiger partial charge is 0.0432 e. The van der Waals surface area contributed by atoms with Gasteiger partial charge in [0.25, 0.3) is 0 Å². The molecular formula is C11H15N. The zero-order chi connectivity index (χ0) is 8.60. The molecule has 0 aromatic rings. The van der Waals surface area contributed by atoms with Crippen LogP contribution in [0, 0.1) is 5.41 Å². The van der Waals surface area contributed by atoms with E-state index in [4.69, 9.17) is 0 Å². The molecule has 0 fully saturated rings. The largest absolute Gasteiger partial charge is 0.264 e. The van der Waals surface area contributed by atoms with Gasteiger partial charge < -0.3 is 0 Å². The van der Waals surface area contributed by atoms with E-state index in [-0.39, 0.29) is 5.41 Å². The van der Waals surface area contributed by atoms with Gasteiger partial charge in [0.1, 0.15) is 0 Å². The Morgan fingerprint density at radius 1 is 1.33 bits per heavy atom. The first-order valence-corrected chi connectivity index (χ1v) is 4.64. The lowest BCUT2D eigenvalue weighted by atomic mass is 9.94. The Kier molecular flexibility index (Phi) is 1.67. The van der Waals surface area contributed by atoms with E-state index >= 15 is 0 Å². The number of allylic oxidation sites excluding steroid dienone is 4. The van der Waals surface area contributed by atoms with Crippen LogP contribution in [-0.2, 0) is 0 Å². The average molecular weight is 161 g/mol. The molecule has 0 atom stereocenters. The first-order chi connectivity index (χ1) is 5.67. The van der Waals surface area contributed by atoms with Crippen LogP contribution in [0.1, 0.15) is 33.1 Å². The average Bonchev–Trinajstić information content (AvgIpc) is 2.40. The van der Waals surface area contributed by atoms with Gasteiger partial charge in [-0.2, -0.15) is 0 Å². The Labute approximate surface area is 73.9 Å². The summed E-state index contributed by atoms with van der Waals surface area (Å²) in [4.78, 5) is 4.53. The number of nitrogens with zero attached hydrogens (tertiary/aromatic N) is 1. The molecule has 0 saturated carbocycles. The maximum Gasteiger partial charge on any atom is 0.0432 e. The van der Waals surface area contributed by atoms with Crippen LogP contribution < -0.4 is 0 Å². The molecule has 0 unspecified atom stereocenters. The minimum absolute atomic E-state index is 0.143. The number of hydrogen-bond acceptors (Lipinski definition) is 1. The fourth-order valence-electron chi connectivity index (χ4n) is 1.68. The van der Waals surface area contributed by atoms with Crippen molar-refractivity contribution in [1.82, 2.24) is 0 Å². The summed E-state index contributed by atoms with van der Waals surface area (Å²) in [6.45, 7) is 4.38. The minimum Gasteiger partial charge on any atom is -0.264 e. The number of aliphatic imine (C=N–C) groups is 1. The van der Waals surface area contributed by atoms with Gasteiger partial charge in [-0.3, -0.25) is 4.99 Å². The number of rotatable bonds is 0. The highest BCUT2D eigenvalue weighted by atomic mass is 14.8. The van der Waals surface area contributed by atoms with Gasteiger partial charge in [0.2, 0.25) is 0 Å². The second-order valence-corrected chi connectivity index (χ2v) is 4.24. The van der Waals surface area contributed by atoms with Gasteiger partial charge in [0.05, 0.1) is 0 Å². The van der Waals surface area contributed by atoms with E-state index in [2.05, 4.69) is 37.2 Å². The van der Waals surface area contributed by atoms with Crippen LogP contribution in [0.15, 0.2) is 28.4 Å². The molecule has 0 aromatic carbocycles. The summed E-state index contributed by atoms with van der Waals surface area (Å²) in [6, 6.07) is 0. The maximum absolute atomic E-state index is 4.53. The molecule has 1 aliphatic heterocycles. The van der Waals surface area contributed by atoms with Crippen molar-refractivity contribution in [3.05, 3.63) is 23.4 Å². The fourth-order valence-corrected chi connectivity index (χ4v) is 1.68. The first-order valence-electron chi connectivity index (χ1n) is 4.64. The summed E-state index contributed by atoms with van der Waals surface area (Å²) in [5.41, 5.74) is 2.92. The zero-order valence-electron chi connectivity index (χ0n) is 7.80. The van der Waals surface area contributed by atoms with E-state index in [0.29, 0.717) is 0 Å². The predicted molar refractivity (Wildman–Crippen MR) is 52.3 cm³/mol. The van der Waals surface area contributed by atoms with E-state index in [1.165, 1.54) is 30.5 Å². The van der Waals surface area contributed by atoms with Crippen molar-refractivity contribution in [2.24, 2.45) is 10.4 Å². The molecule has 1 heteroatoms. The Balaban J connectivity index is 2.34. The van der Waals surface area contributed by atoms with Crippen molar-refractivity contribution >= 4 is 6.21 Å². The van der Waals surface area contributed by atoms with Crippen LogP contribution in [0.2, 0.25) is 0 Å². The highest BCUT2D eigenvalue weighted by molar-refractivity contribution is 5.70. The van der Waals surface area contributed by atoms with Crippen molar-refractivity contribution in [2.75, 3.05) is 0 Å². The van der Waals surface area contributed by atoms with Crippen LogP contribution in [0.3, 0.4) is 0 Å². The summed E-state index contributed by atoms with van der Waals surface area (Å²) < 4.78 is 0. The molecular weight excluding hydrogens is 146 g/mol. The standard InChI is InChI=1S/C11H15N/c1-11(2)7-6-9-4-3-5-10(9)12-8-11/h6-8H,3-5H2,1-2H3. The van der Waals surface area contributed by atoms with Crippen LogP contribution in [0.25, 0.3) is 0 Å². The predicted octanol–water partition coefficient (Wildman–Crippen LogP) is 3.09. The minimum atomic E-state index is 0.143. The van der Waals surface area contributed by atoms with Crippen molar-refractivity contribution in [2.45, 2.75) is 33.1 Å². The molecule has 12 heavy (non-hydrogen) atoms. The first kappa shape index (κ1) is 7.78. The molecule has 2 rings (SSSR count). The monoisotopic (exact) mass is 161 g/mol. The third kappa shape index (κ3) is 1.36. The lowest BCUT2D eigenvalue weighted by Crippen LogP contribution is -2.07. The third-order valence-corrected chi connectivity index (χ3v) is 2.50. The quantitative estimate of drug-likeness (QED) is 0.517. The van der Waals surface area contributed by atoms with Crippen LogP contribution in [-0.4, -0.2) is 6.21 Å². The highest BCUT2D eigenvalue weighted by Crippen LogP contribution is 2.31. The fraction of sp³-hybridized carbons (Fsp3) is 0.545. The summed E-state index contributed by atoms with van der Waals surface area (Å²) >= 11 is 0. The Morgan fingerprint density at radius 2 is 2.17 bits per heavy atom. The molecule has 1 heterocycles. The molecule has 1 aliphatic carbocycles. The second kappa shape index (κ2) is 2.58. The van der Waals surface area contributed by atoms with Gasteiger partial charge in [-0.15, -0.1) is 0 Å². The molecule has 0 spiro atoms. The SMILES string of the molecule is CC1(C)C=CC2=C(CCC2)N=C1. The van der Waals surface area contributed by atoms with Gasteiger partial charge in [-0.1, -0.05) is 26.0 Å². The molecule has 0 radical (unpaired) electrons. The number of hydrogen-bond donors (Lipinski definition) is 0. The summed E-state index contributed by atoms with van der Waals surface area (Å²) in [5.74, 6) is 0. The lowest BCUT2D eigenvalue weighted by Gasteiger charge is -2.11. The highest BCUT2D eigenvalue weighted by Gasteiger charge is 2.18. The van der Waals surface area contributed by atoms with Gasteiger partial charge in [0.15, 0.2) is 0 Å². The lowest BCUT2D eigenvalue weighted by molar-refractivity contribution is 0.692. The van der Waals surface area contributed by atoms with Crippen molar-refractivity contribution in [1.29, 1.82) is 0 Å². The molecule has 0 bridgehead atoms. The van der Waals surface area contributed by atoms with Crippen LogP contribution in [0.4, 0.5) is 0 Å². The molecule has 64 valence electrons. The Hall–Kier alpha value is -0.850. The van der Waals surface area contributed by atoms with Crippen molar-refractivity contribution in [3.8, 4) is 0 Å². The van der Waals surface area contributed by atoms with E-state index in [1.807, 2.05) is 0 Å². The zero-order valence-corrected chi connectivity index (χ0v) is 7.80. The molecule has 0 amide bonds. The third-order valence-electron chi connectivity index (χ3n) is 2.50.